The molecule has 1 rings (SSSR count). The van der Waals surface area contributed by atoms with E-state index in [9.17, 15) is 4.79 Å². The van der Waals surface area contributed by atoms with Crippen molar-refractivity contribution in [1.29, 1.82) is 0 Å². The van der Waals surface area contributed by atoms with Gasteiger partial charge in [-0.15, -0.1) is 0 Å². The lowest BCUT2D eigenvalue weighted by atomic mass is 10.2. The summed E-state index contributed by atoms with van der Waals surface area (Å²) in [4.78, 5) is 11.4. The minimum absolute atomic E-state index is 0.178. The minimum Gasteiger partial charge on any atom is -0.335 e. The molecule has 4 heteroatoms. The highest BCUT2D eigenvalue weighted by molar-refractivity contribution is 9.10. The van der Waals surface area contributed by atoms with Crippen LogP contribution in [0.1, 0.15) is 25.8 Å². The van der Waals surface area contributed by atoms with Gasteiger partial charge in [0.25, 0.3) is 0 Å². The zero-order valence-electron chi connectivity index (χ0n) is 10.0. The molecule has 1 aromatic rings. The van der Waals surface area contributed by atoms with Crippen LogP contribution in [0.25, 0.3) is 6.08 Å². The Kier molecular flexibility index (Phi) is 5.77. The highest BCUT2D eigenvalue weighted by Crippen LogP contribution is 2.16. The molecule has 92 valence electrons. The van der Waals surface area contributed by atoms with Gasteiger partial charge < -0.3 is 10.6 Å². The number of halogens is 1. The van der Waals surface area contributed by atoms with E-state index in [4.69, 9.17) is 0 Å². The van der Waals surface area contributed by atoms with Crippen LogP contribution in [0.15, 0.2) is 34.9 Å². The summed E-state index contributed by atoms with van der Waals surface area (Å²) in [6, 6.07) is 7.83. The summed E-state index contributed by atoms with van der Waals surface area (Å²) in [6.45, 7) is 4.00. The average Bonchev–Trinajstić information content (AvgIpc) is 2.31. The van der Waals surface area contributed by atoms with E-state index in [1.807, 2.05) is 44.2 Å². The van der Waals surface area contributed by atoms with Crippen LogP contribution in [0, 0.1) is 0 Å². The number of nitrogens with one attached hydrogen (secondary N) is 2. The highest BCUT2D eigenvalue weighted by atomic mass is 79.9. The molecule has 2 amide bonds. The molecule has 0 aliphatic rings. The molecular formula is C13H17BrN2O. The van der Waals surface area contributed by atoms with Crippen LogP contribution < -0.4 is 10.6 Å². The summed E-state index contributed by atoms with van der Waals surface area (Å²) in [6.07, 6.45) is 4.40. The number of amides is 2. The molecule has 0 radical (unpaired) electrons. The smallest absolute Gasteiger partial charge is 0.318 e. The van der Waals surface area contributed by atoms with Crippen molar-refractivity contribution in [1.82, 2.24) is 10.6 Å². The molecule has 0 saturated carbocycles. The molecule has 1 unspecified atom stereocenters. The minimum atomic E-state index is -0.178. The Hall–Kier alpha value is -1.29. The Morgan fingerprint density at radius 1 is 1.47 bits per heavy atom. The molecule has 0 aromatic heterocycles. The van der Waals surface area contributed by atoms with E-state index in [0.29, 0.717) is 0 Å². The van der Waals surface area contributed by atoms with Crippen molar-refractivity contribution in [2.24, 2.45) is 0 Å². The Balaban J connectivity index is 2.45. The van der Waals surface area contributed by atoms with Crippen LogP contribution in [0.5, 0.6) is 0 Å². The predicted molar refractivity (Wildman–Crippen MR) is 74.6 cm³/mol. The Labute approximate surface area is 110 Å². The summed E-state index contributed by atoms with van der Waals surface area (Å²) < 4.78 is 1.00. The first-order valence-electron chi connectivity index (χ1n) is 5.61. The lowest BCUT2D eigenvalue weighted by Crippen LogP contribution is -2.38. The first-order valence-corrected chi connectivity index (χ1v) is 6.41. The van der Waals surface area contributed by atoms with Gasteiger partial charge in [-0.1, -0.05) is 41.1 Å². The van der Waals surface area contributed by atoms with Crippen LogP contribution in [0.2, 0.25) is 0 Å². The Bertz CT molecular complexity index is 404. The normalized spacial score (nSPS) is 12.4. The van der Waals surface area contributed by atoms with Crippen molar-refractivity contribution in [2.75, 3.05) is 0 Å². The monoisotopic (exact) mass is 296 g/mol. The maximum absolute atomic E-state index is 11.4. The van der Waals surface area contributed by atoms with E-state index in [1.165, 1.54) is 0 Å². The van der Waals surface area contributed by atoms with Crippen molar-refractivity contribution in [3.05, 3.63) is 40.5 Å². The SMILES string of the molecule is CCC(C)NC(=O)N/C=C/c1ccccc1Br. The van der Waals surface area contributed by atoms with Gasteiger partial charge in [-0.2, -0.15) is 0 Å². The topological polar surface area (TPSA) is 41.1 Å². The third kappa shape index (κ3) is 5.04. The van der Waals surface area contributed by atoms with Crippen LogP contribution in [-0.2, 0) is 0 Å². The maximum Gasteiger partial charge on any atom is 0.318 e. The van der Waals surface area contributed by atoms with Gasteiger partial charge in [0.2, 0.25) is 0 Å². The van der Waals surface area contributed by atoms with Crippen LogP contribution in [-0.4, -0.2) is 12.1 Å². The number of benzene rings is 1. The average molecular weight is 297 g/mol. The van der Waals surface area contributed by atoms with Gasteiger partial charge in [0.1, 0.15) is 0 Å². The molecule has 0 heterocycles. The number of hydrogen-bond acceptors (Lipinski definition) is 1. The largest absolute Gasteiger partial charge is 0.335 e. The van der Waals surface area contributed by atoms with Gasteiger partial charge in [-0.3, -0.25) is 0 Å². The summed E-state index contributed by atoms with van der Waals surface area (Å²) in [5, 5.41) is 5.49. The summed E-state index contributed by atoms with van der Waals surface area (Å²) in [5.41, 5.74) is 1.02. The number of urea groups is 1. The lowest BCUT2D eigenvalue weighted by molar-refractivity contribution is 0.241. The van der Waals surface area contributed by atoms with Crippen LogP contribution in [0.3, 0.4) is 0 Å². The van der Waals surface area contributed by atoms with E-state index in [1.54, 1.807) is 6.20 Å². The van der Waals surface area contributed by atoms with Crippen LogP contribution >= 0.6 is 15.9 Å². The van der Waals surface area contributed by atoms with Crippen LogP contribution in [0.4, 0.5) is 4.79 Å². The van der Waals surface area contributed by atoms with Crippen molar-refractivity contribution in [2.45, 2.75) is 26.3 Å². The second-order valence-corrected chi connectivity index (χ2v) is 4.64. The van der Waals surface area contributed by atoms with Gasteiger partial charge >= 0.3 is 6.03 Å². The predicted octanol–water partition coefficient (Wildman–Crippen LogP) is 3.52. The molecule has 1 aromatic carbocycles. The molecular weight excluding hydrogens is 280 g/mol. The second kappa shape index (κ2) is 7.12. The van der Waals surface area contributed by atoms with E-state index >= 15 is 0 Å². The molecule has 17 heavy (non-hydrogen) atoms. The van der Waals surface area contributed by atoms with E-state index in [2.05, 4.69) is 26.6 Å². The van der Waals surface area contributed by atoms with Gasteiger partial charge in [-0.25, -0.2) is 4.79 Å². The van der Waals surface area contributed by atoms with E-state index in [0.717, 1.165) is 16.5 Å². The standard InChI is InChI=1S/C13H17BrN2O/c1-3-10(2)16-13(17)15-9-8-11-6-4-5-7-12(11)14/h4-10H,3H2,1-2H3,(H2,15,16,17)/b9-8+. The third-order valence-corrected chi connectivity index (χ3v) is 3.09. The zero-order valence-corrected chi connectivity index (χ0v) is 11.6. The number of hydrogen-bond donors (Lipinski definition) is 2. The highest BCUT2D eigenvalue weighted by Gasteiger charge is 2.01. The first kappa shape index (κ1) is 13.8. The lowest BCUT2D eigenvalue weighted by Gasteiger charge is -2.10. The zero-order chi connectivity index (χ0) is 12.7. The molecule has 0 spiro atoms. The number of carbonyl (C=O) groups excluding carboxylic acids is 1. The third-order valence-electron chi connectivity index (χ3n) is 2.37. The Morgan fingerprint density at radius 2 is 2.18 bits per heavy atom. The van der Waals surface area contributed by atoms with Crippen molar-refractivity contribution < 1.29 is 4.79 Å². The molecule has 0 aliphatic carbocycles. The van der Waals surface area contributed by atoms with E-state index < -0.39 is 0 Å². The fourth-order valence-electron chi connectivity index (χ4n) is 1.18. The first-order chi connectivity index (χ1) is 8.13. The summed E-state index contributed by atoms with van der Waals surface area (Å²) >= 11 is 3.44. The molecule has 3 nitrogen and oxygen atoms in total. The molecule has 1 atom stereocenters. The van der Waals surface area contributed by atoms with Crippen molar-refractivity contribution in [3.63, 3.8) is 0 Å². The molecule has 0 fully saturated rings. The summed E-state index contributed by atoms with van der Waals surface area (Å²) in [5.74, 6) is 0. The van der Waals surface area contributed by atoms with Gasteiger partial charge in [0, 0.05) is 16.7 Å². The molecule has 0 aliphatic heterocycles. The van der Waals surface area contributed by atoms with Crippen molar-refractivity contribution in [3.8, 4) is 0 Å². The van der Waals surface area contributed by atoms with Gasteiger partial charge in [-0.05, 0) is 31.1 Å². The second-order valence-electron chi connectivity index (χ2n) is 3.78. The van der Waals surface area contributed by atoms with Gasteiger partial charge in [0.05, 0.1) is 0 Å². The molecule has 2 N–H and O–H groups in total. The number of carbonyl (C=O) groups is 1. The van der Waals surface area contributed by atoms with Gasteiger partial charge in [0.15, 0.2) is 0 Å². The quantitative estimate of drug-likeness (QED) is 0.877. The summed E-state index contributed by atoms with van der Waals surface area (Å²) in [7, 11) is 0. The molecule has 0 saturated heterocycles. The molecule has 0 bridgehead atoms. The Morgan fingerprint density at radius 3 is 2.82 bits per heavy atom. The maximum atomic E-state index is 11.4. The number of rotatable bonds is 4. The fourth-order valence-corrected chi connectivity index (χ4v) is 1.60. The van der Waals surface area contributed by atoms with Crippen molar-refractivity contribution >= 4 is 28.0 Å². The fraction of sp³-hybridized carbons (Fsp3) is 0.308. The van der Waals surface area contributed by atoms with E-state index in [-0.39, 0.29) is 12.1 Å².